The highest BCUT2D eigenvalue weighted by Crippen LogP contribution is 2.25. The molecule has 0 saturated heterocycles. The first-order valence-corrected chi connectivity index (χ1v) is 10.5. The van der Waals surface area contributed by atoms with E-state index in [9.17, 15) is 9.32 Å². The molecule has 1 unspecified atom stereocenters. The van der Waals surface area contributed by atoms with Crippen molar-refractivity contribution in [3.05, 3.63) is 76.7 Å². The van der Waals surface area contributed by atoms with Crippen LogP contribution in [0.2, 0.25) is 0 Å². The van der Waals surface area contributed by atoms with Crippen LogP contribution in [-0.2, 0) is 17.2 Å². The molecule has 4 heteroatoms. The van der Waals surface area contributed by atoms with Crippen LogP contribution in [-0.4, -0.2) is 20.8 Å². The molecule has 26 heavy (non-hydrogen) atoms. The maximum Gasteiger partial charge on any atom is 0.104 e. The molecule has 0 aliphatic rings. The number of hydrogen-bond acceptors (Lipinski definition) is 2. The average Bonchev–Trinajstić information content (AvgIpc) is 2.62. The summed E-state index contributed by atoms with van der Waals surface area (Å²) in [5, 5.41) is 10.3. The molecule has 0 amide bonds. The molecule has 2 aromatic carbocycles. The van der Waals surface area contributed by atoms with Crippen LogP contribution in [0.25, 0.3) is 0 Å². The Morgan fingerprint density at radius 3 is 2.31 bits per heavy atom. The number of aliphatic hydroxyl groups excluding tert-OH is 1. The zero-order chi connectivity index (χ0) is 19.1. The number of halogens is 1. The fraction of sp³-hybridized carbons (Fsp3) is 0.364. The van der Waals surface area contributed by atoms with Crippen LogP contribution in [0.3, 0.4) is 0 Å². The van der Waals surface area contributed by atoms with Crippen LogP contribution in [0.5, 0.6) is 0 Å². The summed E-state index contributed by atoms with van der Waals surface area (Å²) < 4.78 is 13.1. The Morgan fingerprint density at radius 1 is 1.12 bits per heavy atom. The van der Waals surface area contributed by atoms with Gasteiger partial charge in [-0.25, -0.2) is 4.21 Å². The summed E-state index contributed by atoms with van der Waals surface area (Å²) in [6.45, 7) is 6.18. The van der Waals surface area contributed by atoms with Crippen molar-refractivity contribution in [1.29, 1.82) is 0 Å². The topological polar surface area (TPSA) is 37.3 Å². The molecule has 140 valence electrons. The summed E-state index contributed by atoms with van der Waals surface area (Å²) in [7, 11) is -1.43. The molecule has 2 aromatic rings. The second kappa shape index (κ2) is 10.1. The van der Waals surface area contributed by atoms with E-state index in [0.717, 1.165) is 17.5 Å². The molecule has 0 aromatic heterocycles. The normalized spacial score (nSPS) is 15.7. The zero-order valence-corrected chi connectivity index (χ0v) is 17.1. The lowest BCUT2D eigenvalue weighted by atomic mass is 10.0. The first-order chi connectivity index (χ1) is 12.4. The van der Waals surface area contributed by atoms with Crippen LogP contribution >= 0.6 is 11.6 Å². The van der Waals surface area contributed by atoms with Gasteiger partial charge in [0.1, 0.15) is 6.10 Å². The number of aliphatic hydroxyl groups is 1. The second-order valence-electron chi connectivity index (χ2n) is 6.97. The smallest absolute Gasteiger partial charge is 0.104 e. The highest BCUT2D eigenvalue weighted by Gasteiger charge is 2.26. The first-order valence-electron chi connectivity index (χ1n) is 8.93. The maximum absolute atomic E-state index is 13.1. The van der Waals surface area contributed by atoms with Gasteiger partial charge in [-0.2, -0.15) is 0 Å². The van der Waals surface area contributed by atoms with Gasteiger partial charge in [-0.1, -0.05) is 68.0 Å². The van der Waals surface area contributed by atoms with Crippen LogP contribution in [0.4, 0.5) is 0 Å². The van der Waals surface area contributed by atoms with E-state index in [1.165, 1.54) is 0 Å². The lowest BCUT2D eigenvalue weighted by Crippen LogP contribution is -2.27. The van der Waals surface area contributed by atoms with Crippen molar-refractivity contribution in [2.75, 3.05) is 0 Å². The molecular weight excluding hydrogens is 364 g/mol. The summed E-state index contributed by atoms with van der Waals surface area (Å²) in [6.07, 6.45) is 2.20. The van der Waals surface area contributed by atoms with E-state index in [1.54, 1.807) is 0 Å². The van der Waals surface area contributed by atoms with Gasteiger partial charge in [-0.05, 0) is 43.4 Å². The molecule has 3 atom stereocenters. The molecule has 0 aliphatic heterocycles. The van der Waals surface area contributed by atoms with Crippen molar-refractivity contribution in [3.8, 4) is 0 Å². The molecule has 1 N–H and O–H groups in total. The second-order valence-corrected chi connectivity index (χ2v) is 9.01. The quantitative estimate of drug-likeness (QED) is 0.625. The molecule has 0 radical (unpaired) electrons. The first kappa shape index (κ1) is 20.9. The summed E-state index contributed by atoms with van der Waals surface area (Å²) in [4.78, 5) is 1.19. The predicted octanol–water partition coefficient (Wildman–Crippen LogP) is 5.24. The molecule has 0 saturated carbocycles. The van der Waals surface area contributed by atoms with Crippen molar-refractivity contribution in [1.82, 2.24) is 0 Å². The zero-order valence-electron chi connectivity index (χ0n) is 15.6. The van der Waals surface area contributed by atoms with Gasteiger partial charge in [0, 0.05) is 9.80 Å². The van der Waals surface area contributed by atoms with Crippen LogP contribution in [0.1, 0.15) is 31.4 Å². The fourth-order valence-corrected chi connectivity index (χ4v) is 4.26. The highest BCUT2D eigenvalue weighted by molar-refractivity contribution is 7.89. The number of hydrogen-bond donors (Lipinski definition) is 1. The van der Waals surface area contributed by atoms with Crippen molar-refractivity contribution < 1.29 is 9.32 Å². The van der Waals surface area contributed by atoms with Crippen LogP contribution in [0, 0.1) is 12.8 Å². The Labute approximate surface area is 164 Å². The van der Waals surface area contributed by atoms with E-state index in [0.29, 0.717) is 22.1 Å². The van der Waals surface area contributed by atoms with Crippen LogP contribution in [0.15, 0.2) is 70.5 Å². The van der Waals surface area contributed by atoms with E-state index in [1.807, 2.05) is 67.6 Å². The summed E-state index contributed by atoms with van der Waals surface area (Å²) in [6, 6.07) is 17.4. The Hall–Kier alpha value is -1.42. The minimum Gasteiger partial charge on any atom is -0.386 e. The molecule has 2 nitrogen and oxygen atoms in total. The molecule has 0 aliphatic carbocycles. The van der Waals surface area contributed by atoms with Gasteiger partial charge >= 0.3 is 0 Å². The van der Waals surface area contributed by atoms with Gasteiger partial charge in [0.15, 0.2) is 0 Å². The van der Waals surface area contributed by atoms with E-state index >= 15 is 0 Å². The summed E-state index contributed by atoms with van der Waals surface area (Å²) in [5.74, 6) is 0.412. The number of rotatable bonds is 8. The molecule has 0 bridgehead atoms. The molecule has 0 spiro atoms. The van der Waals surface area contributed by atoms with E-state index in [2.05, 4.69) is 13.8 Å². The van der Waals surface area contributed by atoms with E-state index in [4.69, 9.17) is 11.6 Å². The number of allylic oxidation sites excluding steroid dienone is 1. The van der Waals surface area contributed by atoms with E-state index in [-0.39, 0.29) is 0 Å². The van der Waals surface area contributed by atoms with Crippen molar-refractivity contribution in [2.45, 2.75) is 50.0 Å². The van der Waals surface area contributed by atoms with Gasteiger partial charge in [0.05, 0.1) is 16.2 Å². The third-order valence-electron chi connectivity index (χ3n) is 4.15. The SMILES string of the molecule is Cc1ccc(S(=O)/C(=C/CC(C)C)[C@@H](O)[C@@H](Cl)Cc2ccccc2)cc1. The fourth-order valence-electron chi connectivity index (χ4n) is 2.59. The largest absolute Gasteiger partial charge is 0.386 e. The Bertz CT molecular complexity index is 738. The minimum atomic E-state index is -1.43. The van der Waals surface area contributed by atoms with E-state index < -0.39 is 22.3 Å². The van der Waals surface area contributed by atoms with Gasteiger partial charge < -0.3 is 5.11 Å². The standard InChI is InChI=1S/C22H27ClO2S/c1-16(2)9-14-21(26(25)19-12-10-17(3)11-13-19)22(24)20(23)15-18-7-5-4-6-8-18/h4-8,10-14,16,20,22,24H,9,15H2,1-3H3/b21-14+/t20-,22-,26?/m0/s1. The monoisotopic (exact) mass is 390 g/mol. The van der Waals surface area contributed by atoms with Gasteiger partial charge in [-0.3, -0.25) is 0 Å². The van der Waals surface area contributed by atoms with Crippen LogP contribution < -0.4 is 0 Å². The Morgan fingerprint density at radius 2 is 1.73 bits per heavy atom. The predicted molar refractivity (Wildman–Crippen MR) is 111 cm³/mol. The Kier molecular flexibility index (Phi) is 8.08. The highest BCUT2D eigenvalue weighted by atomic mass is 35.5. The average molecular weight is 391 g/mol. The molecular formula is C22H27ClO2S. The molecule has 0 heterocycles. The van der Waals surface area contributed by atoms with Gasteiger partial charge in [0.25, 0.3) is 0 Å². The third-order valence-corrected chi connectivity index (χ3v) is 6.08. The lowest BCUT2D eigenvalue weighted by molar-refractivity contribution is 0.212. The number of alkyl halides is 1. The maximum atomic E-state index is 13.1. The van der Waals surface area contributed by atoms with Crippen molar-refractivity contribution in [3.63, 3.8) is 0 Å². The molecule has 0 fully saturated rings. The molecule has 2 rings (SSSR count). The van der Waals surface area contributed by atoms with Gasteiger partial charge in [-0.15, -0.1) is 11.6 Å². The third kappa shape index (κ3) is 6.08. The van der Waals surface area contributed by atoms with Crippen molar-refractivity contribution >= 4 is 22.4 Å². The number of aryl methyl sites for hydroxylation is 1. The summed E-state index contributed by atoms with van der Waals surface area (Å²) in [5.41, 5.74) is 2.16. The summed E-state index contributed by atoms with van der Waals surface area (Å²) >= 11 is 6.51. The number of benzene rings is 2. The minimum absolute atomic E-state index is 0.412. The Balaban J connectivity index is 2.23. The van der Waals surface area contributed by atoms with Crippen molar-refractivity contribution in [2.24, 2.45) is 5.92 Å². The lowest BCUT2D eigenvalue weighted by Gasteiger charge is -2.21. The van der Waals surface area contributed by atoms with Gasteiger partial charge in [0.2, 0.25) is 0 Å².